The SMILES string of the molecule is Cc1ccccc1C(C)NCC(=O)NC(C)(C)C. The van der Waals surface area contributed by atoms with Gasteiger partial charge in [0.15, 0.2) is 0 Å². The Morgan fingerprint density at radius 3 is 2.44 bits per heavy atom. The first-order chi connectivity index (χ1) is 8.29. The minimum atomic E-state index is -0.176. The van der Waals surface area contributed by atoms with Crippen LogP contribution in [0.3, 0.4) is 0 Å². The molecule has 1 amide bonds. The van der Waals surface area contributed by atoms with Crippen molar-refractivity contribution >= 4 is 5.91 Å². The van der Waals surface area contributed by atoms with Gasteiger partial charge in [0.05, 0.1) is 6.54 Å². The molecule has 3 nitrogen and oxygen atoms in total. The summed E-state index contributed by atoms with van der Waals surface area (Å²) < 4.78 is 0. The molecule has 0 bridgehead atoms. The van der Waals surface area contributed by atoms with E-state index < -0.39 is 0 Å². The highest BCUT2D eigenvalue weighted by Gasteiger charge is 2.14. The topological polar surface area (TPSA) is 41.1 Å². The molecule has 0 aliphatic carbocycles. The molecule has 0 heterocycles. The summed E-state index contributed by atoms with van der Waals surface area (Å²) in [7, 11) is 0. The van der Waals surface area contributed by atoms with Crippen LogP contribution in [0.1, 0.15) is 44.9 Å². The number of hydrogen-bond acceptors (Lipinski definition) is 2. The standard InChI is InChI=1S/C15H24N2O/c1-11-8-6-7-9-13(11)12(2)16-10-14(18)17-15(3,4)5/h6-9,12,16H,10H2,1-5H3,(H,17,18). The Bertz CT molecular complexity index is 407. The summed E-state index contributed by atoms with van der Waals surface area (Å²) in [6.07, 6.45) is 0. The lowest BCUT2D eigenvalue weighted by Gasteiger charge is -2.22. The summed E-state index contributed by atoms with van der Waals surface area (Å²) in [4.78, 5) is 11.7. The first kappa shape index (κ1) is 14.7. The summed E-state index contributed by atoms with van der Waals surface area (Å²) in [5.41, 5.74) is 2.31. The smallest absolute Gasteiger partial charge is 0.234 e. The first-order valence-electron chi connectivity index (χ1n) is 6.39. The van der Waals surface area contributed by atoms with Gasteiger partial charge in [-0.25, -0.2) is 0 Å². The van der Waals surface area contributed by atoms with Gasteiger partial charge in [0, 0.05) is 11.6 Å². The number of carbonyl (C=O) groups is 1. The van der Waals surface area contributed by atoms with Crippen LogP contribution in [-0.4, -0.2) is 18.0 Å². The zero-order chi connectivity index (χ0) is 13.8. The second kappa shape index (κ2) is 6.01. The fourth-order valence-corrected chi connectivity index (χ4v) is 1.89. The highest BCUT2D eigenvalue weighted by molar-refractivity contribution is 5.78. The van der Waals surface area contributed by atoms with Crippen LogP contribution < -0.4 is 10.6 Å². The van der Waals surface area contributed by atoms with E-state index in [-0.39, 0.29) is 17.5 Å². The molecule has 100 valence electrons. The van der Waals surface area contributed by atoms with Crippen molar-refractivity contribution < 1.29 is 4.79 Å². The predicted molar refractivity (Wildman–Crippen MR) is 75.5 cm³/mol. The molecule has 0 saturated heterocycles. The van der Waals surface area contributed by atoms with Crippen molar-refractivity contribution in [2.75, 3.05) is 6.54 Å². The van der Waals surface area contributed by atoms with Crippen LogP contribution in [0.25, 0.3) is 0 Å². The monoisotopic (exact) mass is 248 g/mol. The molecule has 1 unspecified atom stereocenters. The van der Waals surface area contributed by atoms with E-state index in [1.54, 1.807) is 0 Å². The van der Waals surface area contributed by atoms with Crippen LogP contribution in [-0.2, 0) is 4.79 Å². The summed E-state index contributed by atoms with van der Waals surface area (Å²) >= 11 is 0. The molecule has 0 fully saturated rings. The third-order valence-corrected chi connectivity index (χ3v) is 2.74. The number of carbonyl (C=O) groups excluding carboxylic acids is 1. The third kappa shape index (κ3) is 4.88. The Kier molecular flexibility index (Phi) is 4.91. The van der Waals surface area contributed by atoms with Gasteiger partial charge in [-0.3, -0.25) is 4.79 Å². The van der Waals surface area contributed by atoms with Crippen molar-refractivity contribution in [2.24, 2.45) is 0 Å². The van der Waals surface area contributed by atoms with Gasteiger partial charge in [0.25, 0.3) is 0 Å². The van der Waals surface area contributed by atoms with Gasteiger partial charge in [0.2, 0.25) is 5.91 Å². The van der Waals surface area contributed by atoms with E-state index in [0.29, 0.717) is 6.54 Å². The number of benzene rings is 1. The number of nitrogens with one attached hydrogen (secondary N) is 2. The summed E-state index contributed by atoms with van der Waals surface area (Å²) in [5.74, 6) is 0.0305. The number of aryl methyl sites for hydroxylation is 1. The Morgan fingerprint density at radius 1 is 1.28 bits per heavy atom. The molecule has 2 N–H and O–H groups in total. The maximum atomic E-state index is 11.7. The van der Waals surface area contributed by atoms with Crippen molar-refractivity contribution in [3.05, 3.63) is 35.4 Å². The van der Waals surface area contributed by atoms with E-state index in [4.69, 9.17) is 0 Å². The molecule has 18 heavy (non-hydrogen) atoms. The molecule has 1 aromatic carbocycles. The van der Waals surface area contributed by atoms with E-state index in [1.807, 2.05) is 32.9 Å². The highest BCUT2D eigenvalue weighted by atomic mass is 16.2. The molecular weight excluding hydrogens is 224 g/mol. The van der Waals surface area contributed by atoms with Gasteiger partial charge in [0.1, 0.15) is 0 Å². The molecule has 1 aromatic rings. The highest BCUT2D eigenvalue weighted by Crippen LogP contribution is 2.16. The van der Waals surface area contributed by atoms with Crippen LogP contribution in [0, 0.1) is 6.92 Å². The van der Waals surface area contributed by atoms with Crippen LogP contribution in [0.2, 0.25) is 0 Å². The second-order valence-corrected chi connectivity index (χ2v) is 5.76. The van der Waals surface area contributed by atoms with Crippen LogP contribution >= 0.6 is 0 Å². The van der Waals surface area contributed by atoms with Crippen molar-refractivity contribution in [3.8, 4) is 0 Å². The quantitative estimate of drug-likeness (QED) is 0.860. The fraction of sp³-hybridized carbons (Fsp3) is 0.533. The van der Waals surface area contributed by atoms with Gasteiger partial charge in [-0.15, -0.1) is 0 Å². The average Bonchev–Trinajstić information content (AvgIpc) is 2.24. The third-order valence-electron chi connectivity index (χ3n) is 2.74. The summed E-state index contributed by atoms with van der Waals surface area (Å²) in [5, 5.41) is 6.19. The zero-order valence-corrected chi connectivity index (χ0v) is 12.0. The Balaban J connectivity index is 2.49. The molecule has 0 aliphatic heterocycles. The van der Waals surface area contributed by atoms with E-state index in [0.717, 1.165) is 0 Å². The van der Waals surface area contributed by atoms with Gasteiger partial charge in [-0.1, -0.05) is 24.3 Å². The Hall–Kier alpha value is -1.35. The minimum Gasteiger partial charge on any atom is -0.350 e. The number of rotatable bonds is 4. The Morgan fingerprint density at radius 2 is 1.89 bits per heavy atom. The zero-order valence-electron chi connectivity index (χ0n) is 12.0. The lowest BCUT2D eigenvalue weighted by Crippen LogP contribution is -2.45. The Labute approximate surface area is 110 Å². The number of hydrogen-bond donors (Lipinski definition) is 2. The van der Waals surface area contributed by atoms with E-state index >= 15 is 0 Å². The lowest BCUT2D eigenvalue weighted by atomic mass is 10.0. The van der Waals surface area contributed by atoms with Gasteiger partial charge in [-0.05, 0) is 45.7 Å². The maximum Gasteiger partial charge on any atom is 0.234 e. The fourth-order valence-electron chi connectivity index (χ4n) is 1.89. The van der Waals surface area contributed by atoms with Crippen molar-refractivity contribution in [1.82, 2.24) is 10.6 Å². The largest absolute Gasteiger partial charge is 0.350 e. The first-order valence-corrected chi connectivity index (χ1v) is 6.39. The van der Waals surface area contributed by atoms with Crippen molar-refractivity contribution in [2.45, 2.75) is 46.2 Å². The summed E-state index contributed by atoms with van der Waals surface area (Å²) in [6.45, 7) is 10.4. The van der Waals surface area contributed by atoms with Crippen LogP contribution in [0.5, 0.6) is 0 Å². The van der Waals surface area contributed by atoms with Crippen LogP contribution in [0.4, 0.5) is 0 Å². The lowest BCUT2D eigenvalue weighted by molar-refractivity contribution is -0.121. The van der Waals surface area contributed by atoms with E-state index in [1.165, 1.54) is 11.1 Å². The molecular formula is C15H24N2O. The molecule has 1 rings (SSSR count). The summed E-state index contributed by atoms with van der Waals surface area (Å²) in [6, 6.07) is 8.40. The van der Waals surface area contributed by atoms with E-state index in [2.05, 4.69) is 36.6 Å². The van der Waals surface area contributed by atoms with E-state index in [9.17, 15) is 4.79 Å². The normalized spacial score (nSPS) is 13.2. The molecule has 1 atom stereocenters. The molecule has 0 radical (unpaired) electrons. The van der Waals surface area contributed by atoms with Crippen molar-refractivity contribution in [1.29, 1.82) is 0 Å². The minimum absolute atomic E-state index is 0.0305. The predicted octanol–water partition coefficient (Wildman–Crippen LogP) is 2.56. The molecule has 3 heteroatoms. The number of amides is 1. The molecule has 0 saturated carbocycles. The second-order valence-electron chi connectivity index (χ2n) is 5.76. The maximum absolute atomic E-state index is 11.7. The van der Waals surface area contributed by atoms with Gasteiger partial charge >= 0.3 is 0 Å². The van der Waals surface area contributed by atoms with Gasteiger partial charge in [-0.2, -0.15) is 0 Å². The van der Waals surface area contributed by atoms with Crippen molar-refractivity contribution in [3.63, 3.8) is 0 Å². The molecule has 0 aliphatic rings. The molecule has 0 aromatic heterocycles. The van der Waals surface area contributed by atoms with Crippen LogP contribution in [0.15, 0.2) is 24.3 Å². The average molecular weight is 248 g/mol. The molecule has 0 spiro atoms. The van der Waals surface area contributed by atoms with Gasteiger partial charge < -0.3 is 10.6 Å².